The number of hydrogen-bond donors (Lipinski definition) is 0. The molecule has 0 aromatic carbocycles. The van der Waals surface area contributed by atoms with Crippen LogP contribution in [0.4, 0.5) is 0 Å². The van der Waals surface area contributed by atoms with Gasteiger partial charge < -0.3 is 13.8 Å². The fourth-order valence-electron chi connectivity index (χ4n) is 2.13. The molecule has 0 aliphatic carbocycles. The predicted octanol–water partition coefficient (Wildman–Crippen LogP) is 1.85. The van der Waals surface area contributed by atoms with Gasteiger partial charge in [-0.15, -0.1) is 0 Å². The quantitative estimate of drug-likeness (QED) is 0.523. The molecule has 1 heterocycles. The van der Waals surface area contributed by atoms with Gasteiger partial charge in [0.05, 0.1) is 20.3 Å². The highest BCUT2D eigenvalue weighted by molar-refractivity contribution is 7.53. The van der Waals surface area contributed by atoms with Gasteiger partial charge in [0.25, 0.3) is 0 Å². The molecule has 0 radical (unpaired) electrons. The van der Waals surface area contributed by atoms with E-state index < -0.39 is 7.60 Å². The Kier molecular flexibility index (Phi) is 6.29. The number of hydrogen-bond acceptors (Lipinski definition) is 6. The van der Waals surface area contributed by atoms with E-state index in [0.717, 1.165) is 12.8 Å². The first-order valence-electron chi connectivity index (χ1n) is 6.26. The van der Waals surface area contributed by atoms with Crippen LogP contribution in [-0.2, 0) is 23.1 Å². The molecule has 0 aromatic heterocycles. The summed E-state index contributed by atoms with van der Waals surface area (Å²) in [5.74, 6) is -0.285. The van der Waals surface area contributed by atoms with Crippen LogP contribution in [0.2, 0.25) is 0 Å². The van der Waals surface area contributed by atoms with Crippen LogP contribution in [0.3, 0.4) is 0 Å². The lowest BCUT2D eigenvalue weighted by molar-refractivity contribution is -0.145. The number of esters is 1. The number of ether oxygens (including phenoxy) is 1. The molecule has 0 amide bonds. The Morgan fingerprint density at radius 2 is 1.94 bits per heavy atom. The van der Waals surface area contributed by atoms with E-state index in [-0.39, 0.29) is 18.3 Å². The second-order valence-corrected chi connectivity index (χ2v) is 6.10. The Labute approximate surface area is 108 Å². The molecule has 1 atom stereocenters. The Morgan fingerprint density at radius 1 is 1.33 bits per heavy atom. The standard InChI is InChI=1S/C11H22NO5P/c1-4-16-18(14,17-5-2)9-12-8-6-7-10(12)11(13)15-3/h10H,4-9H2,1-3H3. The molecule has 1 unspecified atom stereocenters. The van der Waals surface area contributed by atoms with Gasteiger partial charge in [-0.2, -0.15) is 0 Å². The summed E-state index contributed by atoms with van der Waals surface area (Å²) in [6.07, 6.45) is 1.76. The largest absolute Gasteiger partial charge is 0.468 e. The summed E-state index contributed by atoms with van der Waals surface area (Å²) in [5.41, 5.74) is 0. The summed E-state index contributed by atoms with van der Waals surface area (Å²) in [4.78, 5) is 13.4. The molecule has 0 bridgehead atoms. The third-order valence-electron chi connectivity index (χ3n) is 2.84. The predicted molar refractivity (Wildman–Crippen MR) is 67.5 cm³/mol. The zero-order valence-electron chi connectivity index (χ0n) is 11.3. The second kappa shape index (κ2) is 7.24. The van der Waals surface area contributed by atoms with Crippen molar-refractivity contribution in [2.75, 3.05) is 33.2 Å². The van der Waals surface area contributed by atoms with E-state index in [4.69, 9.17) is 13.8 Å². The summed E-state index contributed by atoms with van der Waals surface area (Å²) < 4.78 is 27.6. The van der Waals surface area contributed by atoms with Gasteiger partial charge in [0, 0.05) is 0 Å². The van der Waals surface area contributed by atoms with Crippen molar-refractivity contribution < 1.29 is 23.1 Å². The molecule has 18 heavy (non-hydrogen) atoms. The average molecular weight is 279 g/mol. The van der Waals surface area contributed by atoms with Gasteiger partial charge in [-0.1, -0.05) is 0 Å². The maximum absolute atomic E-state index is 12.4. The van der Waals surface area contributed by atoms with Crippen molar-refractivity contribution in [3.05, 3.63) is 0 Å². The van der Waals surface area contributed by atoms with Gasteiger partial charge in [-0.3, -0.25) is 14.3 Å². The molecule has 7 heteroatoms. The smallest absolute Gasteiger partial charge is 0.344 e. The van der Waals surface area contributed by atoms with Crippen LogP contribution in [0.25, 0.3) is 0 Å². The molecule has 0 N–H and O–H groups in total. The number of carbonyl (C=O) groups excluding carboxylic acids is 1. The lowest BCUT2D eigenvalue weighted by atomic mass is 10.2. The fraction of sp³-hybridized carbons (Fsp3) is 0.909. The highest BCUT2D eigenvalue weighted by atomic mass is 31.2. The molecule has 1 rings (SSSR count). The van der Waals surface area contributed by atoms with E-state index in [1.165, 1.54) is 7.11 Å². The number of likely N-dealkylation sites (tertiary alicyclic amines) is 1. The van der Waals surface area contributed by atoms with Crippen molar-refractivity contribution in [3.8, 4) is 0 Å². The van der Waals surface area contributed by atoms with Gasteiger partial charge in [0.2, 0.25) is 0 Å². The molecule has 0 aromatic rings. The van der Waals surface area contributed by atoms with E-state index in [9.17, 15) is 9.36 Å². The normalized spacial score (nSPS) is 21.2. The van der Waals surface area contributed by atoms with Gasteiger partial charge in [0.15, 0.2) is 0 Å². The van der Waals surface area contributed by atoms with Gasteiger partial charge in [-0.25, -0.2) is 0 Å². The average Bonchev–Trinajstić information content (AvgIpc) is 2.76. The molecule has 1 fully saturated rings. The minimum atomic E-state index is -3.14. The maximum Gasteiger partial charge on any atom is 0.344 e. The summed E-state index contributed by atoms with van der Waals surface area (Å²) in [6.45, 7) is 4.91. The van der Waals surface area contributed by atoms with E-state index in [1.54, 1.807) is 13.8 Å². The van der Waals surface area contributed by atoms with Crippen molar-refractivity contribution in [1.82, 2.24) is 4.90 Å². The summed E-state index contributed by atoms with van der Waals surface area (Å²) in [7, 11) is -1.77. The van der Waals surface area contributed by atoms with E-state index >= 15 is 0 Å². The van der Waals surface area contributed by atoms with Crippen molar-refractivity contribution in [2.24, 2.45) is 0 Å². The lowest BCUT2D eigenvalue weighted by Crippen LogP contribution is -2.37. The van der Waals surface area contributed by atoms with Crippen LogP contribution in [0.5, 0.6) is 0 Å². The van der Waals surface area contributed by atoms with Crippen LogP contribution >= 0.6 is 7.60 Å². The Hall–Kier alpha value is -0.420. The number of rotatable bonds is 7. The number of carbonyl (C=O) groups is 1. The highest BCUT2D eigenvalue weighted by Crippen LogP contribution is 2.49. The minimum Gasteiger partial charge on any atom is -0.468 e. The zero-order chi connectivity index (χ0) is 13.6. The van der Waals surface area contributed by atoms with E-state index in [2.05, 4.69) is 0 Å². The van der Waals surface area contributed by atoms with Crippen LogP contribution in [0.15, 0.2) is 0 Å². The summed E-state index contributed by atoms with van der Waals surface area (Å²) >= 11 is 0. The highest BCUT2D eigenvalue weighted by Gasteiger charge is 2.37. The maximum atomic E-state index is 12.4. The molecule has 1 aliphatic heterocycles. The van der Waals surface area contributed by atoms with Crippen molar-refractivity contribution in [2.45, 2.75) is 32.7 Å². The van der Waals surface area contributed by atoms with Gasteiger partial charge in [-0.05, 0) is 33.2 Å². The first-order valence-corrected chi connectivity index (χ1v) is 7.99. The Balaban J connectivity index is 2.68. The molecule has 0 spiro atoms. The third-order valence-corrected chi connectivity index (χ3v) is 4.86. The first-order chi connectivity index (χ1) is 8.56. The van der Waals surface area contributed by atoms with E-state index in [1.807, 2.05) is 4.90 Å². The monoisotopic (exact) mass is 279 g/mol. The second-order valence-electron chi connectivity index (χ2n) is 4.08. The zero-order valence-corrected chi connectivity index (χ0v) is 12.2. The molecular formula is C11H22NO5P. The summed E-state index contributed by atoms with van der Waals surface area (Å²) in [6, 6.07) is -0.329. The molecule has 1 aliphatic rings. The topological polar surface area (TPSA) is 65.1 Å². The van der Waals surface area contributed by atoms with Crippen LogP contribution in [0, 0.1) is 0 Å². The van der Waals surface area contributed by atoms with Crippen LogP contribution in [0.1, 0.15) is 26.7 Å². The minimum absolute atomic E-state index is 0.147. The third kappa shape index (κ3) is 4.05. The van der Waals surface area contributed by atoms with E-state index in [0.29, 0.717) is 19.8 Å². The number of methoxy groups -OCH3 is 1. The fourth-order valence-corrected chi connectivity index (χ4v) is 3.94. The first kappa shape index (κ1) is 15.6. The molecule has 0 saturated carbocycles. The molecule has 106 valence electrons. The molecule has 1 saturated heterocycles. The van der Waals surface area contributed by atoms with Crippen molar-refractivity contribution >= 4 is 13.6 Å². The van der Waals surface area contributed by atoms with Crippen LogP contribution < -0.4 is 0 Å². The Bertz CT molecular complexity index is 313. The number of nitrogens with zero attached hydrogens (tertiary/aromatic N) is 1. The Morgan fingerprint density at radius 3 is 2.44 bits per heavy atom. The summed E-state index contributed by atoms with van der Waals surface area (Å²) in [5, 5.41) is 0. The molecule has 6 nitrogen and oxygen atoms in total. The molecular weight excluding hydrogens is 257 g/mol. The van der Waals surface area contributed by atoms with Gasteiger partial charge in [0.1, 0.15) is 12.3 Å². The van der Waals surface area contributed by atoms with Crippen LogP contribution in [-0.4, -0.2) is 50.1 Å². The van der Waals surface area contributed by atoms with Crippen molar-refractivity contribution in [3.63, 3.8) is 0 Å². The van der Waals surface area contributed by atoms with Crippen molar-refractivity contribution in [1.29, 1.82) is 0 Å². The lowest BCUT2D eigenvalue weighted by Gasteiger charge is -2.26. The SMILES string of the molecule is CCOP(=O)(CN1CCCC1C(=O)OC)OCC. The van der Waals surface area contributed by atoms with Gasteiger partial charge >= 0.3 is 13.6 Å².